The van der Waals surface area contributed by atoms with E-state index in [-0.39, 0.29) is 6.04 Å². The van der Waals surface area contributed by atoms with Gasteiger partial charge in [-0.15, -0.1) is 0 Å². The van der Waals surface area contributed by atoms with Crippen LogP contribution in [0.15, 0.2) is 23.1 Å². The zero-order chi connectivity index (χ0) is 17.9. The van der Waals surface area contributed by atoms with E-state index in [1.54, 1.807) is 4.31 Å². The van der Waals surface area contributed by atoms with E-state index in [2.05, 4.69) is 4.90 Å². The first-order valence-electron chi connectivity index (χ1n) is 8.95. The van der Waals surface area contributed by atoms with E-state index in [1.807, 2.05) is 43.8 Å². The summed E-state index contributed by atoms with van der Waals surface area (Å²) in [5.74, 6) is 1.89. The average molecular weight is 385 g/mol. The van der Waals surface area contributed by atoms with Crippen LogP contribution >= 0.6 is 11.8 Å². The topological polar surface area (TPSA) is 49.9 Å². The van der Waals surface area contributed by atoms with Crippen LogP contribution in [0.3, 0.4) is 0 Å². The van der Waals surface area contributed by atoms with Crippen molar-refractivity contribution in [3.8, 4) is 0 Å². The predicted molar refractivity (Wildman–Crippen MR) is 103 cm³/mol. The van der Waals surface area contributed by atoms with Gasteiger partial charge in [-0.1, -0.05) is 12.1 Å². The first-order valence-corrected chi connectivity index (χ1v) is 11.5. The van der Waals surface area contributed by atoms with Gasteiger partial charge in [-0.25, -0.2) is 8.42 Å². The van der Waals surface area contributed by atoms with Crippen molar-refractivity contribution in [1.29, 1.82) is 0 Å². The van der Waals surface area contributed by atoms with Crippen LogP contribution in [0.1, 0.15) is 17.5 Å². The summed E-state index contributed by atoms with van der Waals surface area (Å²) in [6.07, 6.45) is 0.911. The molecule has 0 aromatic heterocycles. The maximum Gasteiger partial charge on any atom is 0.243 e. The molecular weight excluding hydrogens is 356 g/mol. The van der Waals surface area contributed by atoms with E-state index in [0.717, 1.165) is 61.9 Å². The monoisotopic (exact) mass is 384 g/mol. The molecule has 2 saturated heterocycles. The van der Waals surface area contributed by atoms with E-state index in [0.29, 0.717) is 11.4 Å². The molecule has 2 heterocycles. The zero-order valence-electron chi connectivity index (χ0n) is 15.1. The summed E-state index contributed by atoms with van der Waals surface area (Å²) in [5.41, 5.74) is 1.81. The Hall–Kier alpha value is -0.600. The number of hydrogen-bond acceptors (Lipinski definition) is 5. The van der Waals surface area contributed by atoms with Gasteiger partial charge in [0.1, 0.15) is 0 Å². The van der Waals surface area contributed by atoms with Crippen LogP contribution in [0.4, 0.5) is 0 Å². The van der Waals surface area contributed by atoms with Crippen LogP contribution in [-0.2, 0) is 14.8 Å². The second-order valence-corrected chi connectivity index (χ2v) is 9.89. The molecule has 0 radical (unpaired) electrons. The van der Waals surface area contributed by atoms with Gasteiger partial charge in [0.2, 0.25) is 10.0 Å². The third-order valence-corrected chi connectivity index (χ3v) is 8.18. The maximum absolute atomic E-state index is 13.4. The summed E-state index contributed by atoms with van der Waals surface area (Å²) in [6, 6.07) is 5.72. The van der Waals surface area contributed by atoms with Gasteiger partial charge in [0.25, 0.3) is 0 Å². The van der Waals surface area contributed by atoms with Crippen molar-refractivity contribution in [1.82, 2.24) is 9.21 Å². The lowest BCUT2D eigenvalue weighted by atomic mass is 10.2. The van der Waals surface area contributed by atoms with Gasteiger partial charge < -0.3 is 4.74 Å². The van der Waals surface area contributed by atoms with Crippen LogP contribution in [-0.4, -0.2) is 74.6 Å². The molecule has 1 atom stereocenters. The van der Waals surface area contributed by atoms with Crippen LogP contribution < -0.4 is 0 Å². The molecular formula is C18H28N2O3S2. The van der Waals surface area contributed by atoms with Crippen molar-refractivity contribution in [2.75, 3.05) is 50.9 Å². The number of morpholine rings is 1. The Balaban J connectivity index is 1.87. The third-order valence-electron chi connectivity index (χ3n) is 4.89. The van der Waals surface area contributed by atoms with E-state index < -0.39 is 10.0 Å². The van der Waals surface area contributed by atoms with Gasteiger partial charge in [-0.3, -0.25) is 4.90 Å². The van der Waals surface area contributed by atoms with Crippen molar-refractivity contribution < 1.29 is 13.2 Å². The first-order chi connectivity index (χ1) is 12.0. The summed E-state index contributed by atoms with van der Waals surface area (Å²) in [5, 5.41) is 0. The quantitative estimate of drug-likeness (QED) is 0.796. The molecule has 25 heavy (non-hydrogen) atoms. The Labute approximate surface area is 155 Å². The summed E-state index contributed by atoms with van der Waals surface area (Å²) < 4.78 is 34.1. The van der Waals surface area contributed by atoms with Crippen LogP contribution in [0.2, 0.25) is 0 Å². The minimum atomic E-state index is -3.48. The summed E-state index contributed by atoms with van der Waals surface area (Å²) in [4.78, 5) is 2.80. The number of rotatable bonds is 4. The molecule has 0 aliphatic carbocycles. The highest BCUT2D eigenvalue weighted by Gasteiger charge is 2.34. The fourth-order valence-electron chi connectivity index (χ4n) is 3.46. The Morgan fingerprint density at radius 2 is 1.96 bits per heavy atom. The minimum Gasteiger partial charge on any atom is -0.379 e. The summed E-state index contributed by atoms with van der Waals surface area (Å²) >= 11 is 1.87. The molecule has 2 aliphatic rings. The molecule has 5 nitrogen and oxygen atoms in total. The van der Waals surface area contributed by atoms with Crippen molar-refractivity contribution in [2.24, 2.45) is 0 Å². The standard InChI is InChI=1S/C18H28N2O3S2/c1-15-4-5-16(2)18(12-15)25(21,22)20-6-3-11-24-14-17(20)13-19-7-9-23-10-8-19/h4-5,12,17H,3,6-11,13-14H2,1-2H3/t17-/m0/s1. The molecule has 0 bridgehead atoms. The zero-order valence-corrected chi connectivity index (χ0v) is 16.7. The predicted octanol–water partition coefficient (Wildman–Crippen LogP) is 2.13. The molecule has 140 valence electrons. The van der Waals surface area contributed by atoms with Crippen LogP contribution in [0, 0.1) is 13.8 Å². The van der Waals surface area contributed by atoms with Crippen molar-refractivity contribution >= 4 is 21.8 Å². The molecule has 3 rings (SSSR count). The fourth-order valence-corrected chi connectivity index (χ4v) is 6.58. The number of hydrogen-bond donors (Lipinski definition) is 0. The van der Waals surface area contributed by atoms with E-state index in [1.165, 1.54) is 0 Å². The van der Waals surface area contributed by atoms with Crippen molar-refractivity contribution in [2.45, 2.75) is 31.2 Å². The van der Waals surface area contributed by atoms with Gasteiger partial charge in [0.05, 0.1) is 18.1 Å². The number of thioether (sulfide) groups is 1. The second kappa shape index (κ2) is 8.39. The Kier molecular flexibility index (Phi) is 6.44. The van der Waals surface area contributed by atoms with Crippen molar-refractivity contribution in [3.63, 3.8) is 0 Å². The van der Waals surface area contributed by atoms with E-state index in [9.17, 15) is 8.42 Å². The molecule has 7 heteroatoms. The molecule has 2 aliphatic heterocycles. The Bertz CT molecular complexity index is 688. The highest BCUT2D eigenvalue weighted by atomic mass is 32.2. The van der Waals surface area contributed by atoms with Gasteiger partial charge in [-0.05, 0) is 43.2 Å². The Morgan fingerprint density at radius 1 is 1.20 bits per heavy atom. The van der Waals surface area contributed by atoms with Crippen LogP contribution in [0.25, 0.3) is 0 Å². The lowest BCUT2D eigenvalue weighted by molar-refractivity contribution is 0.0309. The molecule has 1 aromatic rings. The van der Waals surface area contributed by atoms with Gasteiger partial charge in [-0.2, -0.15) is 16.1 Å². The van der Waals surface area contributed by atoms with E-state index >= 15 is 0 Å². The average Bonchev–Trinajstić information content (AvgIpc) is 2.84. The number of benzene rings is 1. The van der Waals surface area contributed by atoms with Gasteiger partial charge >= 0.3 is 0 Å². The normalized spacial score (nSPS) is 24.2. The number of sulfonamides is 1. The molecule has 0 unspecified atom stereocenters. The SMILES string of the molecule is Cc1ccc(C)c(S(=O)(=O)N2CCCSC[C@@H]2CN2CCOCC2)c1. The number of nitrogens with zero attached hydrogens (tertiary/aromatic N) is 2. The lowest BCUT2D eigenvalue weighted by Gasteiger charge is -2.35. The lowest BCUT2D eigenvalue weighted by Crippen LogP contribution is -2.50. The molecule has 0 amide bonds. The summed E-state index contributed by atoms with van der Waals surface area (Å²) in [6.45, 7) is 8.49. The highest BCUT2D eigenvalue weighted by Crippen LogP contribution is 2.27. The summed E-state index contributed by atoms with van der Waals surface area (Å²) in [7, 11) is -3.48. The number of aryl methyl sites for hydroxylation is 2. The number of ether oxygens (including phenoxy) is 1. The molecule has 2 fully saturated rings. The second-order valence-electron chi connectivity index (χ2n) is 6.88. The van der Waals surface area contributed by atoms with Crippen LogP contribution in [0.5, 0.6) is 0 Å². The van der Waals surface area contributed by atoms with Gasteiger partial charge in [0, 0.05) is 38.0 Å². The van der Waals surface area contributed by atoms with Gasteiger partial charge in [0.15, 0.2) is 0 Å². The van der Waals surface area contributed by atoms with Crippen molar-refractivity contribution in [3.05, 3.63) is 29.3 Å². The third kappa shape index (κ3) is 4.57. The first kappa shape index (κ1) is 19.2. The molecule has 0 spiro atoms. The molecule has 0 saturated carbocycles. The molecule has 0 N–H and O–H groups in total. The fraction of sp³-hybridized carbons (Fsp3) is 0.667. The maximum atomic E-state index is 13.4. The smallest absolute Gasteiger partial charge is 0.243 e. The minimum absolute atomic E-state index is 0.0236. The Morgan fingerprint density at radius 3 is 2.72 bits per heavy atom. The largest absolute Gasteiger partial charge is 0.379 e. The molecule has 1 aromatic carbocycles. The van der Waals surface area contributed by atoms with E-state index in [4.69, 9.17) is 4.74 Å². The highest BCUT2D eigenvalue weighted by molar-refractivity contribution is 7.99.